The van der Waals surface area contributed by atoms with E-state index < -0.39 is 5.97 Å². The molecule has 82 valence electrons. The molecule has 0 aliphatic heterocycles. The van der Waals surface area contributed by atoms with Crippen molar-refractivity contribution >= 4 is 11.9 Å². The molecule has 15 heavy (non-hydrogen) atoms. The topological polar surface area (TPSA) is 92.4 Å². The molecule has 0 radical (unpaired) electrons. The third-order valence-corrected chi connectivity index (χ3v) is 1.71. The van der Waals surface area contributed by atoms with Gasteiger partial charge >= 0.3 is 5.97 Å². The van der Waals surface area contributed by atoms with Gasteiger partial charge in [0.1, 0.15) is 11.5 Å². The number of amides is 1. The molecule has 0 saturated carbocycles. The number of carboxylic acids is 1. The molecule has 6 nitrogen and oxygen atoms in total. The van der Waals surface area contributed by atoms with Crippen molar-refractivity contribution in [3.8, 4) is 0 Å². The molecule has 0 unspecified atom stereocenters. The van der Waals surface area contributed by atoms with Crippen LogP contribution in [0.5, 0.6) is 0 Å². The summed E-state index contributed by atoms with van der Waals surface area (Å²) >= 11 is 0. The van der Waals surface area contributed by atoms with Gasteiger partial charge in [-0.2, -0.15) is 0 Å². The van der Waals surface area contributed by atoms with Crippen molar-refractivity contribution in [3.05, 3.63) is 17.5 Å². The van der Waals surface area contributed by atoms with Crippen LogP contribution in [0, 0.1) is 6.92 Å². The summed E-state index contributed by atoms with van der Waals surface area (Å²) in [4.78, 5) is 21.3. The minimum atomic E-state index is -0.984. The summed E-state index contributed by atoms with van der Waals surface area (Å²) in [5.41, 5.74) is 0.621. The van der Waals surface area contributed by atoms with Gasteiger partial charge in [0.05, 0.1) is 13.0 Å². The van der Waals surface area contributed by atoms with Crippen LogP contribution < -0.4 is 5.32 Å². The fraction of sp³-hybridized carbons (Fsp3) is 0.444. The van der Waals surface area contributed by atoms with Gasteiger partial charge in [0.25, 0.3) is 0 Å². The Balaban J connectivity index is 2.25. The Morgan fingerprint density at radius 2 is 2.27 bits per heavy atom. The molecule has 6 heteroatoms. The summed E-state index contributed by atoms with van der Waals surface area (Å²) in [6, 6.07) is 1.71. The summed E-state index contributed by atoms with van der Waals surface area (Å²) in [7, 11) is 0. The van der Waals surface area contributed by atoms with Crippen molar-refractivity contribution in [2.75, 3.05) is 0 Å². The second-order valence-corrected chi connectivity index (χ2v) is 3.10. The number of aromatic nitrogens is 1. The first-order chi connectivity index (χ1) is 7.08. The third-order valence-electron chi connectivity index (χ3n) is 1.71. The molecule has 2 N–H and O–H groups in total. The van der Waals surface area contributed by atoms with Crippen LogP contribution >= 0.6 is 0 Å². The molecule has 0 aliphatic rings. The van der Waals surface area contributed by atoms with E-state index in [9.17, 15) is 9.59 Å². The highest BCUT2D eigenvalue weighted by Gasteiger charge is 2.06. The number of hydrogen-bond donors (Lipinski definition) is 2. The molecule has 0 aromatic carbocycles. The van der Waals surface area contributed by atoms with Crippen molar-refractivity contribution in [3.63, 3.8) is 0 Å². The standard InChI is InChI=1S/C9H12N2O4/c1-6-4-7(11-15-6)5-10-8(12)2-3-9(13)14/h4H,2-3,5H2,1H3,(H,10,12)(H,13,14). The molecule has 1 aromatic heterocycles. The van der Waals surface area contributed by atoms with Gasteiger partial charge in [-0.15, -0.1) is 0 Å². The molecule has 0 saturated heterocycles. The van der Waals surface area contributed by atoms with E-state index in [-0.39, 0.29) is 25.3 Å². The summed E-state index contributed by atoms with van der Waals surface area (Å²) in [5, 5.41) is 14.6. The van der Waals surface area contributed by atoms with Gasteiger partial charge in [-0.1, -0.05) is 5.16 Å². The van der Waals surface area contributed by atoms with E-state index in [1.165, 1.54) is 0 Å². The zero-order valence-corrected chi connectivity index (χ0v) is 8.32. The van der Waals surface area contributed by atoms with Gasteiger partial charge in [0, 0.05) is 12.5 Å². The first kappa shape index (κ1) is 11.2. The van der Waals surface area contributed by atoms with Gasteiger partial charge in [-0.3, -0.25) is 9.59 Å². The minimum Gasteiger partial charge on any atom is -0.481 e. The Morgan fingerprint density at radius 1 is 1.53 bits per heavy atom. The van der Waals surface area contributed by atoms with Crippen LogP contribution in [0.4, 0.5) is 0 Å². The van der Waals surface area contributed by atoms with Crippen LogP contribution in [-0.2, 0) is 16.1 Å². The van der Waals surface area contributed by atoms with Gasteiger partial charge in [0.2, 0.25) is 5.91 Å². The Bertz CT molecular complexity index is 359. The van der Waals surface area contributed by atoms with Crippen molar-refractivity contribution in [2.24, 2.45) is 0 Å². The third kappa shape index (κ3) is 4.26. The number of rotatable bonds is 5. The summed E-state index contributed by atoms with van der Waals surface area (Å²) in [6.07, 6.45) is -0.185. The Labute approximate surface area is 86.3 Å². The van der Waals surface area contributed by atoms with Crippen molar-refractivity contribution < 1.29 is 19.2 Å². The fourth-order valence-corrected chi connectivity index (χ4v) is 0.999. The lowest BCUT2D eigenvalue weighted by molar-refractivity contribution is -0.138. The Hall–Kier alpha value is -1.85. The van der Waals surface area contributed by atoms with E-state index in [1.807, 2.05) is 0 Å². The van der Waals surface area contributed by atoms with Crippen molar-refractivity contribution in [1.29, 1.82) is 0 Å². The normalized spacial score (nSPS) is 9.93. The molecule has 1 aromatic rings. The van der Waals surface area contributed by atoms with E-state index in [4.69, 9.17) is 9.63 Å². The molecule has 0 aliphatic carbocycles. The molecular weight excluding hydrogens is 200 g/mol. The lowest BCUT2D eigenvalue weighted by atomic mass is 10.3. The van der Waals surface area contributed by atoms with Gasteiger partial charge in [0.15, 0.2) is 0 Å². The number of hydrogen-bond acceptors (Lipinski definition) is 4. The molecule has 0 atom stereocenters. The quantitative estimate of drug-likeness (QED) is 0.739. The highest BCUT2D eigenvalue weighted by Crippen LogP contribution is 2.00. The molecule has 0 bridgehead atoms. The maximum Gasteiger partial charge on any atom is 0.303 e. The first-order valence-electron chi connectivity index (χ1n) is 4.48. The number of carbonyl (C=O) groups is 2. The monoisotopic (exact) mass is 212 g/mol. The van der Waals surface area contributed by atoms with Gasteiger partial charge in [-0.05, 0) is 6.92 Å². The summed E-state index contributed by atoms with van der Waals surface area (Å²) in [5.74, 6) is -0.620. The molecule has 0 fully saturated rings. The smallest absolute Gasteiger partial charge is 0.303 e. The number of carboxylic acid groups (broad SMARTS) is 1. The number of carbonyl (C=O) groups excluding carboxylic acids is 1. The second-order valence-electron chi connectivity index (χ2n) is 3.10. The van der Waals surface area contributed by atoms with E-state index >= 15 is 0 Å². The highest BCUT2D eigenvalue weighted by atomic mass is 16.5. The Morgan fingerprint density at radius 3 is 2.80 bits per heavy atom. The maximum absolute atomic E-state index is 11.1. The van der Waals surface area contributed by atoms with E-state index in [0.29, 0.717) is 11.5 Å². The molecule has 1 amide bonds. The molecular formula is C9H12N2O4. The lowest BCUT2D eigenvalue weighted by Gasteiger charge is -2.00. The number of nitrogens with one attached hydrogen (secondary N) is 1. The maximum atomic E-state index is 11.1. The average molecular weight is 212 g/mol. The van der Waals surface area contributed by atoms with Crippen LogP contribution in [0.1, 0.15) is 24.3 Å². The SMILES string of the molecule is Cc1cc(CNC(=O)CCC(=O)O)no1. The Kier molecular flexibility index (Phi) is 3.84. The van der Waals surface area contributed by atoms with E-state index in [1.54, 1.807) is 13.0 Å². The molecule has 1 rings (SSSR count). The predicted octanol–water partition coefficient (Wildman–Crippen LogP) is 0.464. The highest BCUT2D eigenvalue weighted by molar-refractivity contribution is 5.80. The number of nitrogens with zero attached hydrogens (tertiary/aromatic N) is 1. The minimum absolute atomic E-state index is 0.0217. The fourth-order valence-electron chi connectivity index (χ4n) is 0.999. The number of aliphatic carboxylic acids is 1. The first-order valence-corrected chi connectivity index (χ1v) is 4.48. The van der Waals surface area contributed by atoms with Crippen LogP contribution in [0.15, 0.2) is 10.6 Å². The zero-order chi connectivity index (χ0) is 11.3. The van der Waals surface area contributed by atoms with Crippen LogP contribution in [0.25, 0.3) is 0 Å². The van der Waals surface area contributed by atoms with E-state index in [2.05, 4.69) is 10.5 Å². The van der Waals surface area contributed by atoms with Crippen molar-refractivity contribution in [1.82, 2.24) is 10.5 Å². The van der Waals surface area contributed by atoms with Gasteiger partial charge in [-0.25, -0.2) is 0 Å². The van der Waals surface area contributed by atoms with Crippen LogP contribution in [0.3, 0.4) is 0 Å². The largest absolute Gasteiger partial charge is 0.481 e. The number of aryl methyl sites for hydroxylation is 1. The van der Waals surface area contributed by atoms with Gasteiger partial charge < -0.3 is 14.9 Å². The molecule has 0 spiro atoms. The lowest BCUT2D eigenvalue weighted by Crippen LogP contribution is -2.23. The molecule has 1 heterocycles. The summed E-state index contributed by atoms with van der Waals surface area (Å²) in [6.45, 7) is 2.01. The van der Waals surface area contributed by atoms with Crippen molar-refractivity contribution in [2.45, 2.75) is 26.3 Å². The van der Waals surface area contributed by atoms with E-state index in [0.717, 1.165) is 0 Å². The summed E-state index contributed by atoms with van der Waals surface area (Å²) < 4.78 is 4.80. The zero-order valence-electron chi connectivity index (χ0n) is 8.32. The average Bonchev–Trinajstić information content (AvgIpc) is 2.58. The van der Waals surface area contributed by atoms with Crippen LogP contribution in [0.2, 0.25) is 0 Å². The second kappa shape index (κ2) is 5.14. The van der Waals surface area contributed by atoms with Crippen LogP contribution in [-0.4, -0.2) is 22.1 Å². The predicted molar refractivity (Wildman–Crippen MR) is 50.0 cm³/mol.